The zero-order chi connectivity index (χ0) is 32.9. The number of nitrogens with zero attached hydrogens (tertiary/aromatic N) is 3. The van der Waals surface area contributed by atoms with E-state index < -0.39 is 49.6 Å². The standard InChI is InChI=1S/C30H28FN3O9S2/c1-30(2,3)43-29(36)27-28(44-18-32-27)33(17-19-5-10-22(41-4)11-6-19)45(39,40)24-14-7-20(25(31)16-24)15-26(35)42-23-12-8-21(9-13-23)34(37)38/h5-14,16,18H,15,17H2,1-4H3. The van der Waals surface area contributed by atoms with Crippen molar-refractivity contribution in [1.82, 2.24) is 4.98 Å². The number of carbonyl (C=O) groups is 2. The second kappa shape index (κ2) is 13.4. The Morgan fingerprint density at radius 3 is 2.24 bits per heavy atom. The first-order valence-corrected chi connectivity index (χ1v) is 15.6. The van der Waals surface area contributed by atoms with Crippen LogP contribution in [0.4, 0.5) is 15.1 Å². The van der Waals surface area contributed by atoms with E-state index >= 15 is 4.39 Å². The van der Waals surface area contributed by atoms with E-state index in [1.807, 2.05) is 0 Å². The SMILES string of the molecule is COc1ccc(CN(c2scnc2C(=O)OC(C)(C)C)S(=O)(=O)c2ccc(CC(=O)Oc3ccc([N+](=O)[O-])cc3)c(F)c2)cc1. The molecule has 12 nitrogen and oxygen atoms in total. The van der Waals surface area contributed by atoms with Gasteiger partial charge in [-0.15, -0.1) is 11.3 Å². The van der Waals surface area contributed by atoms with Crippen molar-refractivity contribution in [2.24, 2.45) is 0 Å². The Balaban J connectivity index is 1.64. The van der Waals surface area contributed by atoms with Gasteiger partial charge in [0, 0.05) is 12.1 Å². The van der Waals surface area contributed by atoms with Crippen LogP contribution in [0.5, 0.6) is 11.5 Å². The van der Waals surface area contributed by atoms with E-state index in [0.717, 1.165) is 46.0 Å². The van der Waals surface area contributed by atoms with E-state index in [9.17, 15) is 28.1 Å². The van der Waals surface area contributed by atoms with Gasteiger partial charge in [-0.05, 0) is 68.3 Å². The number of esters is 2. The molecule has 0 bridgehead atoms. The zero-order valence-corrected chi connectivity index (χ0v) is 26.2. The van der Waals surface area contributed by atoms with Crippen LogP contribution in [0.15, 0.2) is 77.1 Å². The molecule has 0 aliphatic rings. The Labute approximate surface area is 262 Å². The number of benzene rings is 3. The predicted octanol–water partition coefficient (Wildman–Crippen LogP) is 5.70. The minimum Gasteiger partial charge on any atom is -0.497 e. The highest BCUT2D eigenvalue weighted by atomic mass is 32.2. The van der Waals surface area contributed by atoms with Crippen LogP contribution < -0.4 is 13.8 Å². The maximum atomic E-state index is 15.3. The lowest BCUT2D eigenvalue weighted by Crippen LogP contribution is -2.32. The maximum Gasteiger partial charge on any atom is 0.360 e. The first-order valence-electron chi connectivity index (χ1n) is 13.2. The van der Waals surface area contributed by atoms with Crippen LogP contribution in [-0.4, -0.2) is 43.0 Å². The molecule has 45 heavy (non-hydrogen) atoms. The Morgan fingerprint density at radius 2 is 1.67 bits per heavy atom. The lowest BCUT2D eigenvalue weighted by Gasteiger charge is -2.25. The molecule has 4 aromatic rings. The van der Waals surface area contributed by atoms with E-state index in [0.29, 0.717) is 11.3 Å². The number of hydrogen-bond donors (Lipinski definition) is 0. The van der Waals surface area contributed by atoms with Crippen molar-refractivity contribution in [3.05, 3.63) is 105 Å². The van der Waals surface area contributed by atoms with Gasteiger partial charge in [-0.25, -0.2) is 22.6 Å². The van der Waals surface area contributed by atoms with Gasteiger partial charge in [-0.3, -0.25) is 19.2 Å². The van der Waals surface area contributed by atoms with Crippen molar-refractivity contribution in [2.75, 3.05) is 11.4 Å². The summed E-state index contributed by atoms with van der Waals surface area (Å²) in [6.07, 6.45) is -0.545. The van der Waals surface area contributed by atoms with Gasteiger partial charge in [0.25, 0.3) is 15.7 Å². The van der Waals surface area contributed by atoms with Crippen LogP contribution in [0.2, 0.25) is 0 Å². The third-order valence-corrected chi connectivity index (χ3v) is 8.78. The summed E-state index contributed by atoms with van der Waals surface area (Å²) in [6, 6.07) is 14.4. The summed E-state index contributed by atoms with van der Waals surface area (Å²) in [5.74, 6) is -2.12. The third-order valence-electron chi connectivity index (χ3n) is 6.08. The largest absolute Gasteiger partial charge is 0.497 e. The second-order valence-corrected chi connectivity index (χ2v) is 13.2. The Bertz CT molecular complexity index is 1820. The quantitative estimate of drug-likeness (QED) is 0.0849. The number of non-ortho nitro benzene ring substituents is 1. The molecule has 0 N–H and O–H groups in total. The van der Waals surface area contributed by atoms with Crippen molar-refractivity contribution >= 4 is 44.0 Å². The van der Waals surface area contributed by atoms with Gasteiger partial charge >= 0.3 is 11.9 Å². The normalized spacial score (nSPS) is 11.5. The molecule has 0 spiro atoms. The van der Waals surface area contributed by atoms with Crippen molar-refractivity contribution < 1.29 is 41.5 Å². The summed E-state index contributed by atoms with van der Waals surface area (Å²) in [4.78, 5) is 39.2. The molecule has 1 aromatic heterocycles. The molecule has 1 heterocycles. The maximum absolute atomic E-state index is 15.3. The molecule has 0 atom stereocenters. The Kier molecular flexibility index (Phi) is 9.83. The van der Waals surface area contributed by atoms with E-state index in [2.05, 4.69) is 4.98 Å². The zero-order valence-electron chi connectivity index (χ0n) is 24.6. The molecule has 0 aliphatic heterocycles. The highest BCUT2D eigenvalue weighted by Gasteiger charge is 2.33. The van der Waals surface area contributed by atoms with Gasteiger partial charge in [0.1, 0.15) is 27.9 Å². The minimum absolute atomic E-state index is 0.0183. The first kappa shape index (κ1) is 33.0. The number of hydrogen-bond acceptors (Lipinski definition) is 11. The van der Waals surface area contributed by atoms with Crippen molar-refractivity contribution in [3.63, 3.8) is 0 Å². The molecular formula is C30H28FN3O9S2. The number of ether oxygens (including phenoxy) is 3. The number of rotatable bonds is 11. The molecule has 0 saturated heterocycles. The topological polar surface area (TPSA) is 155 Å². The van der Waals surface area contributed by atoms with E-state index in [4.69, 9.17) is 14.2 Å². The Morgan fingerprint density at radius 1 is 1.02 bits per heavy atom. The molecule has 15 heteroatoms. The minimum atomic E-state index is -4.51. The van der Waals surface area contributed by atoms with Crippen LogP contribution in [-0.2, 0) is 32.5 Å². The molecular weight excluding hydrogens is 629 g/mol. The second-order valence-electron chi connectivity index (χ2n) is 10.5. The van der Waals surface area contributed by atoms with E-state index in [1.165, 1.54) is 24.8 Å². The summed E-state index contributed by atoms with van der Waals surface area (Å²) in [6.45, 7) is 4.74. The van der Waals surface area contributed by atoms with Crippen molar-refractivity contribution in [3.8, 4) is 11.5 Å². The molecule has 0 aliphatic carbocycles. The number of anilines is 1. The highest BCUT2D eigenvalue weighted by Crippen LogP contribution is 2.34. The molecule has 4 rings (SSSR count). The van der Waals surface area contributed by atoms with E-state index in [1.54, 1.807) is 45.0 Å². The van der Waals surface area contributed by atoms with E-state index in [-0.39, 0.29) is 34.2 Å². The number of thiazole rings is 1. The average Bonchev–Trinajstić information content (AvgIpc) is 3.46. The fourth-order valence-electron chi connectivity index (χ4n) is 3.96. The van der Waals surface area contributed by atoms with Gasteiger partial charge in [0.2, 0.25) is 0 Å². The predicted molar refractivity (Wildman–Crippen MR) is 162 cm³/mol. The third kappa shape index (κ3) is 8.19. The smallest absolute Gasteiger partial charge is 0.360 e. The number of nitro groups is 1. The summed E-state index contributed by atoms with van der Waals surface area (Å²) in [5.41, 5.74) is 0.402. The summed E-state index contributed by atoms with van der Waals surface area (Å²) in [5, 5.41) is 10.8. The van der Waals surface area contributed by atoms with Crippen LogP contribution in [0.25, 0.3) is 0 Å². The fourth-order valence-corrected chi connectivity index (χ4v) is 6.45. The molecule has 236 valence electrons. The number of aromatic nitrogens is 1. The molecule has 0 amide bonds. The summed E-state index contributed by atoms with van der Waals surface area (Å²) in [7, 11) is -3.02. The summed E-state index contributed by atoms with van der Waals surface area (Å²) >= 11 is 0.897. The van der Waals surface area contributed by atoms with Crippen molar-refractivity contribution in [1.29, 1.82) is 0 Å². The Hall–Kier alpha value is -4.89. The molecule has 0 radical (unpaired) electrons. The number of methoxy groups -OCH3 is 1. The molecule has 0 saturated carbocycles. The van der Waals surface area contributed by atoms with Gasteiger partial charge in [-0.1, -0.05) is 18.2 Å². The van der Waals surface area contributed by atoms with Crippen LogP contribution in [0.1, 0.15) is 42.4 Å². The number of halogens is 1. The molecule has 3 aromatic carbocycles. The lowest BCUT2D eigenvalue weighted by molar-refractivity contribution is -0.384. The first-order chi connectivity index (χ1) is 21.2. The van der Waals surface area contributed by atoms with Crippen LogP contribution in [0.3, 0.4) is 0 Å². The molecule has 0 unspecified atom stereocenters. The fraction of sp³-hybridized carbons (Fsp3) is 0.233. The van der Waals surface area contributed by atoms with Crippen molar-refractivity contribution in [2.45, 2.75) is 44.2 Å². The number of nitro benzene ring substituents is 1. The molecule has 0 fully saturated rings. The van der Waals surface area contributed by atoms with Gasteiger partial charge in [0.05, 0.1) is 35.4 Å². The number of carbonyl (C=O) groups excluding carboxylic acids is 2. The highest BCUT2D eigenvalue weighted by molar-refractivity contribution is 7.93. The van der Waals surface area contributed by atoms with Gasteiger partial charge in [0.15, 0.2) is 5.69 Å². The van der Waals surface area contributed by atoms with Gasteiger partial charge in [-0.2, -0.15) is 0 Å². The number of sulfonamides is 1. The van der Waals surface area contributed by atoms with Gasteiger partial charge < -0.3 is 14.2 Å². The average molecular weight is 658 g/mol. The monoisotopic (exact) mass is 657 g/mol. The van der Waals surface area contributed by atoms with Crippen LogP contribution >= 0.6 is 11.3 Å². The summed E-state index contributed by atoms with van der Waals surface area (Å²) < 4.78 is 60.0. The van der Waals surface area contributed by atoms with Crippen LogP contribution in [0, 0.1) is 15.9 Å². The lowest BCUT2D eigenvalue weighted by atomic mass is 10.1.